The van der Waals surface area contributed by atoms with Crippen LogP contribution in [-0.2, 0) is 14.4 Å². The van der Waals surface area contributed by atoms with Crippen LogP contribution >= 0.6 is 0 Å². The molecular formula is C20H18F3N3O3. The molecule has 152 valence electrons. The molecule has 0 saturated carbocycles. The lowest BCUT2D eigenvalue weighted by Crippen LogP contribution is -2.39. The van der Waals surface area contributed by atoms with Crippen molar-refractivity contribution < 1.29 is 27.6 Å². The lowest BCUT2D eigenvalue weighted by atomic mass is 10.0. The summed E-state index contributed by atoms with van der Waals surface area (Å²) in [4.78, 5) is 36.7. The highest BCUT2D eigenvalue weighted by Gasteiger charge is 2.41. The van der Waals surface area contributed by atoms with Crippen LogP contribution in [0.1, 0.15) is 13.8 Å². The minimum absolute atomic E-state index is 0.153. The second-order valence-corrected chi connectivity index (χ2v) is 6.02. The summed E-state index contributed by atoms with van der Waals surface area (Å²) in [5, 5.41) is 7.51. The van der Waals surface area contributed by atoms with E-state index in [0.717, 1.165) is 23.2 Å². The summed E-state index contributed by atoms with van der Waals surface area (Å²) in [5.41, 5.74) is -0.128. The number of hydrazone groups is 1. The molecule has 1 aliphatic rings. The Hall–Kier alpha value is -3.49. The fourth-order valence-corrected chi connectivity index (χ4v) is 2.59. The van der Waals surface area contributed by atoms with Gasteiger partial charge in [0.15, 0.2) is 5.92 Å². The first kappa shape index (κ1) is 21.8. The number of carbonyl (C=O) groups is 3. The Kier molecular flexibility index (Phi) is 6.53. The lowest BCUT2D eigenvalue weighted by molar-refractivity contribution is -0.166. The second kappa shape index (κ2) is 8.68. The normalized spacial score (nSPS) is 17.8. The monoisotopic (exact) mass is 405 g/mol. The summed E-state index contributed by atoms with van der Waals surface area (Å²) in [7, 11) is 0. The van der Waals surface area contributed by atoms with Gasteiger partial charge >= 0.3 is 6.18 Å². The van der Waals surface area contributed by atoms with Crippen molar-refractivity contribution in [3.63, 3.8) is 0 Å². The zero-order chi connectivity index (χ0) is 21.8. The van der Waals surface area contributed by atoms with Crippen LogP contribution in [0.15, 0.2) is 71.5 Å². The number of nitrogens with zero attached hydrogens (tertiary/aromatic N) is 2. The SMILES string of the molecule is C=C/C(=C\C(=C/C)C(=O)C(F)(F)F)NC(=O)C1C(=O)N(c2ccccc2)N=C1C. The molecule has 9 heteroatoms. The highest BCUT2D eigenvalue weighted by atomic mass is 19.4. The zero-order valence-electron chi connectivity index (χ0n) is 15.7. The smallest absolute Gasteiger partial charge is 0.325 e. The summed E-state index contributed by atoms with van der Waals surface area (Å²) >= 11 is 0. The van der Waals surface area contributed by atoms with Gasteiger partial charge in [0.1, 0.15) is 0 Å². The number of hydrogen-bond acceptors (Lipinski definition) is 4. The van der Waals surface area contributed by atoms with E-state index in [1.165, 1.54) is 13.8 Å². The van der Waals surface area contributed by atoms with E-state index in [0.29, 0.717) is 5.69 Å². The van der Waals surface area contributed by atoms with Crippen molar-refractivity contribution in [3.8, 4) is 0 Å². The molecule has 0 radical (unpaired) electrons. The Morgan fingerprint density at radius 2 is 1.86 bits per heavy atom. The summed E-state index contributed by atoms with van der Waals surface area (Å²) in [5.74, 6) is -4.72. The van der Waals surface area contributed by atoms with Gasteiger partial charge < -0.3 is 5.32 Å². The predicted molar refractivity (Wildman–Crippen MR) is 102 cm³/mol. The van der Waals surface area contributed by atoms with Crippen molar-refractivity contribution in [2.75, 3.05) is 5.01 Å². The minimum Gasteiger partial charge on any atom is -0.325 e. The number of alkyl halides is 3. The maximum absolute atomic E-state index is 12.7. The van der Waals surface area contributed by atoms with Crippen LogP contribution in [0.4, 0.5) is 18.9 Å². The molecule has 0 spiro atoms. The van der Waals surface area contributed by atoms with Crippen molar-refractivity contribution in [1.29, 1.82) is 0 Å². The quantitative estimate of drug-likeness (QED) is 0.448. The zero-order valence-corrected chi connectivity index (χ0v) is 15.7. The van der Waals surface area contributed by atoms with Gasteiger partial charge in [0.2, 0.25) is 5.91 Å². The Morgan fingerprint density at radius 1 is 1.24 bits per heavy atom. The van der Waals surface area contributed by atoms with E-state index in [1.54, 1.807) is 30.3 Å². The third-order valence-corrected chi connectivity index (χ3v) is 4.02. The van der Waals surface area contributed by atoms with Crippen molar-refractivity contribution >= 4 is 29.0 Å². The van der Waals surface area contributed by atoms with Crippen LogP contribution in [0, 0.1) is 5.92 Å². The van der Waals surface area contributed by atoms with Gasteiger partial charge in [0.05, 0.1) is 11.4 Å². The maximum Gasteiger partial charge on any atom is 0.454 e. The number of carbonyl (C=O) groups excluding carboxylic acids is 3. The molecule has 1 aliphatic heterocycles. The van der Waals surface area contributed by atoms with E-state index < -0.39 is 35.3 Å². The van der Waals surface area contributed by atoms with Gasteiger partial charge in [-0.15, -0.1) is 0 Å². The summed E-state index contributed by atoms with van der Waals surface area (Å²) in [6, 6.07) is 8.45. The van der Waals surface area contributed by atoms with Crippen LogP contribution in [0.5, 0.6) is 0 Å². The molecule has 1 heterocycles. The van der Waals surface area contributed by atoms with Crippen LogP contribution < -0.4 is 10.3 Å². The lowest BCUT2D eigenvalue weighted by Gasteiger charge is -2.15. The van der Waals surface area contributed by atoms with Crippen LogP contribution in [0.3, 0.4) is 0 Å². The number of anilines is 1. The molecule has 0 aliphatic carbocycles. The number of hydrogen-bond donors (Lipinski definition) is 1. The standard InChI is InChI=1S/C20H18F3N3O3/c1-4-13(17(27)20(21,22)23)11-14(5-2)24-18(28)16-12(3)25-26(19(16)29)15-9-7-6-8-10-15/h4-11,16H,2H2,1,3H3,(H,24,28)/b13-4+,14-11+. The van der Waals surface area contributed by atoms with Gasteiger partial charge in [-0.05, 0) is 38.1 Å². The molecule has 6 nitrogen and oxygen atoms in total. The molecule has 2 amide bonds. The number of amides is 2. The Bertz CT molecular complexity index is 931. The predicted octanol–water partition coefficient (Wildman–Crippen LogP) is 3.29. The van der Waals surface area contributed by atoms with E-state index in [-0.39, 0.29) is 11.4 Å². The summed E-state index contributed by atoms with van der Waals surface area (Å²) in [6.07, 6.45) is -2.17. The summed E-state index contributed by atoms with van der Waals surface area (Å²) in [6.45, 7) is 6.17. The minimum atomic E-state index is -5.06. The van der Waals surface area contributed by atoms with Crippen molar-refractivity contribution in [2.24, 2.45) is 11.0 Å². The average molecular weight is 405 g/mol. The van der Waals surface area contributed by atoms with Crippen molar-refractivity contribution in [1.82, 2.24) is 5.32 Å². The van der Waals surface area contributed by atoms with Gasteiger partial charge in [-0.2, -0.15) is 23.3 Å². The van der Waals surface area contributed by atoms with E-state index in [1.807, 2.05) is 0 Å². The molecule has 1 aromatic rings. The van der Waals surface area contributed by atoms with Crippen LogP contribution in [-0.4, -0.2) is 29.5 Å². The topological polar surface area (TPSA) is 78.8 Å². The number of ketones is 1. The number of Topliss-reactive ketones (excluding diaryl/α,β-unsaturated/α-hetero) is 1. The first-order valence-electron chi connectivity index (χ1n) is 8.47. The molecule has 0 aromatic heterocycles. The molecule has 0 fully saturated rings. The first-order chi connectivity index (χ1) is 13.6. The van der Waals surface area contributed by atoms with Crippen LogP contribution in [0.25, 0.3) is 0 Å². The van der Waals surface area contributed by atoms with Gasteiger partial charge in [-0.3, -0.25) is 14.4 Å². The molecule has 1 atom stereocenters. The molecule has 2 rings (SSSR count). The number of halogens is 3. The third-order valence-electron chi connectivity index (χ3n) is 4.02. The van der Waals surface area contributed by atoms with E-state index in [2.05, 4.69) is 17.0 Å². The Labute approximate surface area is 165 Å². The number of benzene rings is 1. The van der Waals surface area contributed by atoms with E-state index >= 15 is 0 Å². The Morgan fingerprint density at radius 3 is 2.38 bits per heavy atom. The number of nitrogens with one attached hydrogen (secondary N) is 1. The highest BCUT2D eigenvalue weighted by Crippen LogP contribution is 2.25. The fourth-order valence-electron chi connectivity index (χ4n) is 2.59. The number of allylic oxidation sites excluding steroid dienone is 4. The largest absolute Gasteiger partial charge is 0.454 e. The highest BCUT2D eigenvalue weighted by molar-refractivity contribution is 6.26. The molecule has 0 bridgehead atoms. The average Bonchev–Trinajstić information content (AvgIpc) is 2.98. The third kappa shape index (κ3) is 4.87. The molecule has 1 aromatic carbocycles. The summed E-state index contributed by atoms with van der Waals surface area (Å²) < 4.78 is 38.0. The van der Waals surface area contributed by atoms with Gasteiger partial charge in [0, 0.05) is 11.3 Å². The van der Waals surface area contributed by atoms with E-state index in [4.69, 9.17) is 0 Å². The molecule has 29 heavy (non-hydrogen) atoms. The fraction of sp³-hybridized carbons (Fsp3) is 0.200. The maximum atomic E-state index is 12.7. The second-order valence-electron chi connectivity index (χ2n) is 6.02. The number of para-hydroxylation sites is 1. The Balaban J connectivity index is 2.22. The molecular weight excluding hydrogens is 387 g/mol. The van der Waals surface area contributed by atoms with Crippen LogP contribution in [0.2, 0.25) is 0 Å². The molecule has 0 saturated heterocycles. The number of rotatable bonds is 6. The molecule has 1 N–H and O–H groups in total. The van der Waals surface area contributed by atoms with Crippen molar-refractivity contribution in [3.05, 3.63) is 66.4 Å². The van der Waals surface area contributed by atoms with Gasteiger partial charge in [0.25, 0.3) is 11.7 Å². The van der Waals surface area contributed by atoms with Crippen molar-refractivity contribution in [2.45, 2.75) is 20.0 Å². The van der Waals surface area contributed by atoms with E-state index in [9.17, 15) is 27.6 Å². The first-order valence-corrected chi connectivity index (χ1v) is 8.47. The van der Waals surface area contributed by atoms with Gasteiger partial charge in [-0.25, -0.2) is 0 Å². The van der Waals surface area contributed by atoms with Gasteiger partial charge in [-0.1, -0.05) is 30.9 Å². The molecule has 1 unspecified atom stereocenters.